The number of ketones is 1. The third-order valence-electron chi connectivity index (χ3n) is 4.20. The van der Waals surface area contributed by atoms with Gasteiger partial charge in [0.15, 0.2) is 5.78 Å². The predicted molar refractivity (Wildman–Crippen MR) is 100 cm³/mol. The maximum atomic E-state index is 13.3. The molecule has 0 radical (unpaired) electrons. The maximum absolute atomic E-state index is 13.3. The van der Waals surface area contributed by atoms with Gasteiger partial charge in [-0.15, -0.1) is 0 Å². The van der Waals surface area contributed by atoms with Crippen molar-refractivity contribution in [2.24, 2.45) is 5.92 Å². The first kappa shape index (κ1) is 21.2. The summed E-state index contributed by atoms with van der Waals surface area (Å²) in [5.41, 5.74) is 1.21. The summed E-state index contributed by atoms with van der Waals surface area (Å²) in [5, 5.41) is 18.5. The van der Waals surface area contributed by atoms with Crippen LogP contribution in [0.15, 0.2) is 53.7 Å². The summed E-state index contributed by atoms with van der Waals surface area (Å²) in [7, 11) is -4.03. The number of pyridine rings is 1. The molecule has 2 N–H and O–H groups in total. The molecule has 1 aromatic heterocycles. The smallest absolute Gasteiger partial charge is 0.244 e. The first-order valence-electron chi connectivity index (χ1n) is 8.55. The molecule has 0 aliphatic carbocycles. The lowest BCUT2D eigenvalue weighted by Gasteiger charge is -2.32. The lowest BCUT2D eigenvalue weighted by molar-refractivity contribution is -0.126. The number of rotatable bonds is 9. The Morgan fingerprint density at radius 3 is 2.26 bits per heavy atom. The number of nitrogens with zero attached hydrogens (tertiary/aromatic N) is 2. The first-order valence-corrected chi connectivity index (χ1v) is 9.99. The highest BCUT2D eigenvalue weighted by Crippen LogP contribution is 2.25. The summed E-state index contributed by atoms with van der Waals surface area (Å²) in [6, 6.07) is 8.24. The molecule has 1 heterocycles. The average Bonchev–Trinajstić information content (AvgIpc) is 2.67. The van der Waals surface area contributed by atoms with Gasteiger partial charge in [-0.05, 0) is 35.2 Å². The third-order valence-corrected chi connectivity index (χ3v) is 6.04. The highest BCUT2D eigenvalue weighted by Gasteiger charge is 2.37. The van der Waals surface area contributed by atoms with Crippen molar-refractivity contribution in [1.82, 2.24) is 9.29 Å². The largest absolute Gasteiger partial charge is 0.392 e. The van der Waals surface area contributed by atoms with E-state index in [9.17, 15) is 18.3 Å². The number of aromatic nitrogens is 1. The molecule has 7 nitrogen and oxygen atoms in total. The lowest BCUT2D eigenvalue weighted by Crippen LogP contribution is -2.48. The average molecular weight is 392 g/mol. The minimum atomic E-state index is -4.03. The molecular formula is C19H24N2O5S. The van der Waals surface area contributed by atoms with Gasteiger partial charge in [-0.3, -0.25) is 9.78 Å². The van der Waals surface area contributed by atoms with Crippen molar-refractivity contribution >= 4 is 15.8 Å². The number of hydrogen-bond acceptors (Lipinski definition) is 6. The molecule has 2 rings (SSSR count). The van der Waals surface area contributed by atoms with Crippen LogP contribution in [-0.4, -0.2) is 46.4 Å². The number of aliphatic hydroxyl groups excluding tert-OH is 2. The number of benzene rings is 1. The van der Waals surface area contributed by atoms with Crippen LogP contribution in [0.2, 0.25) is 0 Å². The Morgan fingerprint density at radius 1 is 1.11 bits per heavy atom. The van der Waals surface area contributed by atoms with E-state index < -0.39 is 28.5 Å². The van der Waals surface area contributed by atoms with Crippen molar-refractivity contribution in [3.05, 3.63) is 59.9 Å². The van der Waals surface area contributed by atoms with E-state index in [0.717, 1.165) is 4.31 Å². The molecule has 0 fully saturated rings. The van der Waals surface area contributed by atoms with Crippen LogP contribution in [0.4, 0.5) is 0 Å². The second-order valence-corrected chi connectivity index (χ2v) is 8.42. The van der Waals surface area contributed by atoms with Crippen molar-refractivity contribution in [3.8, 4) is 0 Å². The number of carbonyl (C=O) groups excluding carboxylic acids is 1. The van der Waals surface area contributed by atoms with Crippen molar-refractivity contribution in [2.45, 2.75) is 37.9 Å². The van der Waals surface area contributed by atoms with E-state index in [1.54, 1.807) is 32.2 Å². The van der Waals surface area contributed by atoms with Gasteiger partial charge in [0.1, 0.15) is 6.61 Å². The molecule has 1 unspecified atom stereocenters. The van der Waals surface area contributed by atoms with Crippen molar-refractivity contribution < 1.29 is 23.4 Å². The molecule has 0 saturated carbocycles. The first-order chi connectivity index (χ1) is 12.8. The summed E-state index contributed by atoms with van der Waals surface area (Å²) in [4.78, 5) is 16.4. The number of aliphatic hydroxyl groups is 2. The van der Waals surface area contributed by atoms with E-state index >= 15 is 0 Å². The van der Waals surface area contributed by atoms with E-state index in [1.165, 1.54) is 30.5 Å². The fourth-order valence-corrected chi connectivity index (χ4v) is 4.59. The van der Waals surface area contributed by atoms with Crippen LogP contribution in [0.25, 0.3) is 0 Å². The van der Waals surface area contributed by atoms with Crippen LogP contribution in [0.5, 0.6) is 0 Å². The molecule has 0 saturated heterocycles. The topological polar surface area (TPSA) is 108 Å². The molecule has 27 heavy (non-hydrogen) atoms. The fourth-order valence-electron chi connectivity index (χ4n) is 2.87. The van der Waals surface area contributed by atoms with Crippen molar-refractivity contribution in [1.29, 1.82) is 0 Å². The molecule has 2 aromatic rings. The quantitative estimate of drug-likeness (QED) is 0.667. The Labute approximate surface area is 159 Å². The molecule has 8 heteroatoms. The Hall–Kier alpha value is -2.13. The number of Topliss-reactive ketones (excluding diaryl/α,β-unsaturated/α-hetero) is 1. The third kappa shape index (κ3) is 4.98. The summed E-state index contributed by atoms with van der Waals surface area (Å²) in [5.74, 6) is -0.905. The molecule has 146 valence electrons. The molecule has 1 aromatic carbocycles. The zero-order valence-electron chi connectivity index (χ0n) is 15.3. The van der Waals surface area contributed by atoms with E-state index in [0.29, 0.717) is 11.1 Å². The highest BCUT2D eigenvalue weighted by atomic mass is 32.2. The lowest BCUT2D eigenvalue weighted by atomic mass is 10.00. The van der Waals surface area contributed by atoms with E-state index in [1.807, 2.05) is 0 Å². The van der Waals surface area contributed by atoms with E-state index in [-0.39, 0.29) is 24.0 Å². The van der Waals surface area contributed by atoms with Gasteiger partial charge < -0.3 is 10.2 Å². The van der Waals surface area contributed by atoms with Crippen LogP contribution in [-0.2, 0) is 28.0 Å². The zero-order valence-corrected chi connectivity index (χ0v) is 16.1. The van der Waals surface area contributed by atoms with Crippen LogP contribution in [0.3, 0.4) is 0 Å². The summed E-state index contributed by atoms with van der Waals surface area (Å²) >= 11 is 0. The van der Waals surface area contributed by atoms with Crippen LogP contribution in [0.1, 0.15) is 25.0 Å². The number of carbonyl (C=O) groups is 1. The van der Waals surface area contributed by atoms with Gasteiger partial charge in [0.25, 0.3) is 0 Å². The molecule has 1 atom stereocenters. The van der Waals surface area contributed by atoms with Crippen LogP contribution < -0.4 is 0 Å². The standard InChI is InChI=1S/C19H24N2O5S/c1-14(2)19(18(24)13-23)21(11-16-4-3-9-20-10-16)27(25,26)17-7-5-15(12-22)6-8-17/h3-10,14,19,22-23H,11-13H2,1-2H3. The van der Waals surface area contributed by atoms with E-state index in [4.69, 9.17) is 5.11 Å². The Balaban J connectivity index is 2.53. The minimum absolute atomic E-state index is 0.0139. The van der Waals surface area contributed by atoms with E-state index in [2.05, 4.69) is 4.98 Å². The minimum Gasteiger partial charge on any atom is -0.392 e. The second-order valence-electron chi connectivity index (χ2n) is 6.53. The Kier molecular flexibility index (Phi) is 7.20. The normalized spacial score (nSPS) is 13.1. The van der Waals surface area contributed by atoms with Crippen LogP contribution >= 0.6 is 0 Å². The summed E-state index contributed by atoms with van der Waals surface area (Å²) < 4.78 is 27.7. The summed E-state index contributed by atoms with van der Waals surface area (Å²) in [6.07, 6.45) is 3.12. The molecule has 0 amide bonds. The van der Waals surface area contributed by atoms with Gasteiger partial charge in [-0.2, -0.15) is 4.31 Å². The Morgan fingerprint density at radius 2 is 1.78 bits per heavy atom. The zero-order chi connectivity index (χ0) is 20.0. The number of sulfonamides is 1. The van der Waals surface area contributed by atoms with Gasteiger partial charge >= 0.3 is 0 Å². The summed E-state index contributed by atoms with van der Waals surface area (Å²) in [6.45, 7) is 2.48. The van der Waals surface area contributed by atoms with Crippen molar-refractivity contribution in [3.63, 3.8) is 0 Å². The van der Waals surface area contributed by atoms with Gasteiger partial charge in [0, 0.05) is 18.9 Å². The molecule has 0 spiro atoms. The van der Waals surface area contributed by atoms with Gasteiger partial charge in [-0.25, -0.2) is 8.42 Å². The number of hydrogen-bond donors (Lipinski definition) is 2. The Bertz CT molecular complexity index is 851. The molecule has 0 aliphatic rings. The SMILES string of the molecule is CC(C)C(C(=O)CO)N(Cc1cccnc1)S(=O)(=O)c1ccc(CO)cc1. The van der Waals surface area contributed by atoms with Gasteiger partial charge in [0.05, 0.1) is 17.5 Å². The molecular weight excluding hydrogens is 368 g/mol. The molecule has 0 bridgehead atoms. The maximum Gasteiger partial charge on any atom is 0.244 e. The highest BCUT2D eigenvalue weighted by molar-refractivity contribution is 7.89. The van der Waals surface area contributed by atoms with Crippen molar-refractivity contribution in [2.75, 3.05) is 6.61 Å². The molecule has 0 aliphatic heterocycles. The van der Waals surface area contributed by atoms with Gasteiger partial charge in [-0.1, -0.05) is 32.0 Å². The van der Waals surface area contributed by atoms with Gasteiger partial charge in [0.2, 0.25) is 10.0 Å². The second kappa shape index (κ2) is 9.18. The van der Waals surface area contributed by atoms with Crippen LogP contribution in [0, 0.1) is 5.92 Å². The monoisotopic (exact) mass is 392 g/mol. The predicted octanol–water partition coefficient (Wildman–Crippen LogP) is 1.35. The fraction of sp³-hybridized carbons (Fsp3) is 0.368.